The second-order valence-corrected chi connectivity index (χ2v) is 6.16. The summed E-state index contributed by atoms with van der Waals surface area (Å²) in [6.45, 7) is 0. The summed E-state index contributed by atoms with van der Waals surface area (Å²) in [4.78, 5) is 0.903. The third-order valence-electron chi connectivity index (χ3n) is 1.40. The summed E-state index contributed by atoms with van der Waals surface area (Å²) in [7, 11) is 0. The Hall–Kier alpha value is 1.39. The van der Waals surface area contributed by atoms with Crippen molar-refractivity contribution in [1.29, 1.82) is 0 Å². The Balaban J connectivity index is 1.95. The van der Waals surface area contributed by atoms with Crippen LogP contribution in [-0.2, 0) is 0 Å². The van der Waals surface area contributed by atoms with Crippen LogP contribution in [0.2, 0.25) is 10.1 Å². The molecule has 0 aromatic carbocycles. The van der Waals surface area contributed by atoms with Gasteiger partial charge in [-0.2, -0.15) is 0 Å². The van der Waals surface area contributed by atoms with Crippen molar-refractivity contribution in [2.75, 3.05) is 5.75 Å². The van der Waals surface area contributed by atoms with E-state index in [0.29, 0.717) is 0 Å². The van der Waals surface area contributed by atoms with E-state index in [1.165, 1.54) is 23.9 Å². The third-order valence-corrected chi connectivity index (χ3v) is 3.92. The van der Waals surface area contributed by atoms with Crippen LogP contribution >= 0.6 is 11.8 Å². The second kappa shape index (κ2) is 4.30. The van der Waals surface area contributed by atoms with E-state index < -0.39 is 0 Å². The molecule has 0 nitrogen and oxygen atoms in total. The zero-order valence-corrected chi connectivity index (χ0v) is 9.86. The molecule has 54 valence electrons. The van der Waals surface area contributed by atoms with Gasteiger partial charge in [-0.3, -0.25) is 0 Å². The first-order chi connectivity index (χ1) is 4.33. The van der Waals surface area contributed by atoms with Crippen molar-refractivity contribution in [2.24, 2.45) is 0 Å². The standard InChI is InChI=1S/C6H12SSe2/c8-2-1-6(9)3-5-4-7-5/h5-6,8-9H,1-4H2. The summed E-state index contributed by atoms with van der Waals surface area (Å²) in [5.74, 6) is 1.42. The van der Waals surface area contributed by atoms with Gasteiger partial charge in [0.2, 0.25) is 0 Å². The van der Waals surface area contributed by atoms with Crippen LogP contribution < -0.4 is 0 Å². The number of thioether (sulfide) groups is 1. The Morgan fingerprint density at radius 2 is 2.33 bits per heavy atom. The van der Waals surface area contributed by atoms with Crippen LogP contribution in [-0.4, -0.2) is 43.0 Å². The molecule has 1 saturated heterocycles. The molecule has 0 spiro atoms. The molecule has 0 amide bonds. The van der Waals surface area contributed by atoms with E-state index in [1.54, 1.807) is 0 Å². The quantitative estimate of drug-likeness (QED) is 0.542. The van der Waals surface area contributed by atoms with Gasteiger partial charge in [-0.05, 0) is 0 Å². The van der Waals surface area contributed by atoms with Crippen molar-refractivity contribution in [3.8, 4) is 0 Å². The van der Waals surface area contributed by atoms with Crippen LogP contribution in [0.25, 0.3) is 0 Å². The topological polar surface area (TPSA) is 0 Å². The fourth-order valence-corrected chi connectivity index (χ4v) is 4.14. The monoisotopic (exact) mass is 276 g/mol. The zero-order valence-electron chi connectivity index (χ0n) is 5.29. The molecule has 0 bridgehead atoms. The molecule has 1 fully saturated rings. The van der Waals surface area contributed by atoms with Gasteiger partial charge < -0.3 is 0 Å². The molecule has 1 aliphatic rings. The SMILES string of the molecule is [SeH]CCC([SeH])CC1CS1. The van der Waals surface area contributed by atoms with Crippen molar-refractivity contribution in [1.82, 2.24) is 0 Å². The van der Waals surface area contributed by atoms with Crippen LogP contribution in [0.4, 0.5) is 0 Å². The van der Waals surface area contributed by atoms with Gasteiger partial charge >= 0.3 is 77.8 Å². The van der Waals surface area contributed by atoms with Crippen LogP contribution in [0.1, 0.15) is 12.8 Å². The molecule has 1 rings (SSSR count). The Kier molecular flexibility index (Phi) is 4.06. The molecule has 0 saturated carbocycles. The second-order valence-electron chi connectivity index (χ2n) is 2.36. The zero-order chi connectivity index (χ0) is 6.69. The summed E-state index contributed by atoms with van der Waals surface area (Å²) in [6.07, 6.45) is 2.81. The summed E-state index contributed by atoms with van der Waals surface area (Å²) in [5.41, 5.74) is 0. The average Bonchev–Trinajstić information content (AvgIpc) is 2.50. The van der Waals surface area contributed by atoms with Crippen molar-refractivity contribution in [3.63, 3.8) is 0 Å². The van der Waals surface area contributed by atoms with E-state index in [1.807, 2.05) is 0 Å². The predicted octanol–water partition coefficient (Wildman–Crippen LogP) is 0.890. The summed E-state index contributed by atoms with van der Waals surface area (Å²) in [5, 5.41) is 2.31. The van der Waals surface area contributed by atoms with Gasteiger partial charge in [-0.1, -0.05) is 0 Å². The van der Waals surface area contributed by atoms with Crippen LogP contribution in [0.5, 0.6) is 0 Å². The molecular formula is C6H12SSe2. The average molecular weight is 274 g/mol. The maximum absolute atomic E-state index is 2.80. The molecule has 0 aliphatic carbocycles. The third kappa shape index (κ3) is 3.95. The van der Waals surface area contributed by atoms with Gasteiger partial charge in [0.1, 0.15) is 0 Å². The molecule has 0 aromatic heterocycles. The first-order valence-corrected chi connectivity index (χ1v) is 6.69. The van der Waals surface area contributed by atoms with Gasteiger partial charge in [0.15, 0.2) is 0 Å². The molecule has 0 N–H and O–H groups in total. The van der Waals surface area contributed by atoms with Gasteiger partial charge in [0, 0.05) is 0 Å². The first kappa shape index (κ1) is 8.49. The summed E-state index contributed by atoms with van der Waals surface area (Å²) in [6, 6.07) is 0. The first-order valence-electron chi connectivity index (χ1n) is 3.23. The molecule has 0 aromatic rings. The molecule has 9 heavy (non-hydrogen) atoms. The molecular weight excluding hydrogens is 262 g/mol. The predicted molar refractivity (Wildman–Crippen MR) is 48.3 cm³/mol. The van der Waals surface area contributed by atoms with Gasteiger partial charge in [-0.15, -0.1) is 0 Å². The number of rotatable bonds is 4. The van der Waals surface area contributed by atoms with E-state index in [4.69, 9.17) is 0 Å². The maximum atomic E-state index is 2.80. The minimum atomic E-state index is 0.903. The van der Waals surface area contributed by atoms with Crippen molar-refractivity contribution in [2.45, 2.75) is 28.2 Å². The molecule has 1 aliphatic heterocycles. The van der Waals surface area contributed by atoms with Crippen molar-refractivity contribution >= 4 is 43.8 Å². The van der Waals surface area contributed by atoms with Crippen LogP contribution in [0.3, 0.4) is 0 Å². The normalized spacial score (nSPS) is 28.0. The van der Waals surface area contributed by atoms with Crippen molar-refractivity contribution < 1.29 is 0 Å². The van der Waals surface area contributed by atoms with Gasteiger partial charge in [0.25, 0.3) is 0 Å². The Labute approximate surface area is 77.6 Å². The Bertz CT molecular complexity index is 83.1. The molecule has 0 radical (unpaired) electrons. The fraction of sp³-hybridized carbons (Fsp3) is 1.00. The fourth-order valence-electron chi connectivity index (χ4n) is 0.774. The Morgan fingerprint density at radius 1 is 1.67 bits per heavy atom. The minimum absolute atomic E-state index is 0.903. The van der Waals surface area contributed by atoms with E-state index in [0.717, 1.165) is 10.1 Å². The number of hydrogen-bond donors (Lipinski definition) is 0. The van der Waals surface area contributed by atoms with E-state index in [-0.39, 0.29) is 0 Å². The molecule has 2 unspecified atom stereocenters. The molecule has 1 heterocycles. The summed E-state index contributed by atoms with van der Waals surface area (Å²) < 4.78 is 0. The van der Waals surface area contributed by atoms with E-state index >= 15 is 0 Å². The van der Waals surface area contributed by atoms with Crippen LogP contribution in [0.15, 0.2) is 0 Å². The van der Waals surface area contributed by atoms with Crippen LogP contribution in [0, 0.1) is 0 Å². The van der Waals surface area contributed by atoms with Gasteiger partial charge in [0.05, 0.1) is 0 Å². The Morgan fingerprint density at radius 3 is 2.78 bits per heavy atom. The van der Waals surface area contributed by atoms with Gasteiger partial charge in [-0.25, -0.2) is 0 Å². The van der Waals surface area contributed by atoms with E-state index in [9.17, 15) is 0 Å². The summed E-state index contributed by atoms with van der Waals surface area (Å²) >= 11 is 7.56. The van der Waals surface area contributed by atoms with E-state index in [2.05, 4.69) is 43.8 Å². The molecule has 2 atom stereocenters. The van der Waals surface area contributed by atoms with Crippen molar-refractivity contribution in [3.05, 3.63) is 0 Å². The number of hydrogen-bond acceptors (Lipinski definition) is 1. The molecule has 3 heteroatoms.